The lowest BCUT2D eigenvalue weighted by Gasteiger charge is -2.34. The molecule has 3 nitrogen and oxygen atoms in total. The summed E-state index contributed by atoms with van der Waals surface area (Å²) in [6, 6.07) is 12.6. The molecule has 0 saturated heterocycles. The first-order valence-electron chi connectivity index (χ1n) is 10.4. The van der Waals surface area contributed by atoms with Crippen molar-refractivity contribution in [2.45, 2.75) is 52.0 Å². The normalized spacial score (nSPS) is 16.9. The first kappa shape index (κ1) is 20.1. The predicted octanol–water partition coefficient (Wildman–Crippen LogP) is 6.21. The fourth-order valence-corrected chi connectivity index (χ4v) is 5.11. The highest BCUT2D eigenvalue weighted by molar-refractivity contribution is 6.30. The van der Waals surface area contributed by atoms with Crippen molar-refractivity contribution in [3.05, 3.63) is 64.7 Å². The molecular weight excluding hydrogens is 387 g/mol. The van der Waals surface area contributed by atoms with Crippen molar-refractivity contribution in [2.75, 3.05) is 0 Å². The third-order valence-electron chi connectivity index (χ3n) is 6.54. The highest BCUT2D eigenvalue weighted by Crippen LogP contribution is 2.47. The fourth-order valence-electron chi connectivity index (χ4n) is 4.98. The second-order valence-corrected chi connectivity index (χ2v) is 8.71. The zero-order valence-corrected chi connectivity index (χ0v) is 17.5. The molecule has 1 fully saturated rings. The van der Waals surface area contributed by atoms with Crippen LogP contribution in [0.3, 0.4) is 0 Å². The number of nitrogens with zero attached hydrogens (tertiary/aromatic N) is 2. The van der Waals surface area contributed by atoms with Crippen LogP contribution in [0.4, 0.5) is 4.39 Å². The van der Waals surface area contributed by atoms with Crippen molar-refractivity contribution >= 4 is 28.9 Å². The average molecular weight is 413 g/mol. The number of carbonyl (C=O) groups is 1. The van der Waals surface area contributed by atoms with E-state index in [0.717, 1.165) is 61.7 Å². The molecule has 0 aliphatic heterocycles. The summed E-state index contributed by atoms with van der Waals surface area (Å²) in [6.07, 6.45) is 7.11. The van der Waals surface area contributed by atoms with Gasteiger partial charge in [-0.3, -0.25) is 0 Å². The smallest absolute Gasteiger partial charge is 0.125 e. The molecule has 0 spiro atoms. The minimum absolute atomic E-state index is 0.0329. The van der Waals surface area contributed by atoms with Crippen LogP contribution in [0.2, 0.25) is 5.02 Å². The summed E-state index contributed by atoms with van der Waals surface area (Å²) in [4.78, 5) is 16.7. The molecule has 0 amide bonds. The van der Waals surface area contributed by atoms with Crippen LogP contribution < -0.4 is 0 Å². The lowest BCUT2D eigenvalue weighted by atomic mass is 9.70. The first-order chi connectivity index (χ1) is 14.0. The Hall–Kier alpha value is -2.20. The number of benzene rings is 2. The summed E-state index contributed by atoms with van der Waals surface area (Å²) in [7, 11) is 0. The highest BCUT2D eigenvalue weighted by Gasteiger charge is 2.41. The van der Waals surface area contributed by atoms with Gasteiger partial charge >= 0.3 is 0 Å². The molecule has 0 bridgehead atoms. The van der Waals surface area contributed by atoms with Crippen LogP contribution in [0.25, 0.3) is 11.0 Å². The third kappa shape index (κ3) is 3.95. The highest BCUT2D eigenvalue weighted by atomic mass is 35.5. The molecule has 5 heteroatoms. The Morgan fingerprint density at radius 2 is 1.93 bits per heavy atom. The molecule has 1 saturated carbocycles. The van der Waals surface area contributed by atoms with Crippen molar-refractivity contribution in [3.63, 3.8) is 0 Å². The van der Waals surface area contributed by atoms with Crippen molar-refractivity contribution in [1.82, 2.24) is 9.55 Å². The molecule has 1 heterocycles. The van der Waals surface area contributed by atoms with E-state index in [1.165, 1.54) is 12.1 Å². The third-order valence-corrected chi connectivity index (χ3v) is 6.80. The maximum absolute atomic E-state index is 13.9. The molecule has 3 aromatic rings. The van der Waals surface area contributed by atoms with E-state index >= 15 is 0 Å². The Kier molecular flexibility index (Phi) is 5.73. The zero-order valence-electron chi connectivity index (χ0n) is 16.7. The number of rotatable bonds is 7. The molecule has 1 atom stereocenters. The summed E-state index contributed by atoms with van der Waals surface area (Å²) in [5, 5.41) is 0.702. The van der Waals surface area contributed by atoms with Gasteiger partial charge in [-0.2, -0.15) is 0 Å². The van der Waals surface area contributed by atoms with Gasteiger partial charge in [-0.1, -0.05) is 43.5 Å². The summed E-state index contributed by atoms with van der Waals surface area (Å²) in [6.45, 7) is 2.73. The van der Waals surface area contributed by atoms with Crippen LogP contribution in [-0.4, -0.2) is 15.8 Å². The topological polar surface area (TPSA) is 34.9 Å². The van der Waals surface area contributed by atoms with E-state index in [-0.39, 0.29) is 17.2 Å². The van der Waals surface area contributed by atoms with E-state index < -0.39 is 0 Å². The SMILES string of the molecule is CCC(C=O)C1(Cc2nc3cc(F)ccc3n2Cc2ccc(Cl)cc2)CCCC1. The van der Waals surface area contributed by atoms with Crippen molar-refractivity contribution in [3.8, 4) is 0 Å². The quantitative estimate of drug-likeness (QED) is 0.432. The van der Waals surface area contributed by atoms with Crippen LogP contribution >= 0.6 is 11.6 Å². The van der Waals surface area contributed by atoms with Crippen LogP contribution in [0.5, 0.6) is 0 Å². The Morgan fingerprint density at radius 3 is 2.59 bits per heavy atom. The Morgan fingerprint density at radius 1 is 1.21 bits per heavy atom. The van der Waals surface area contributed by atoms with Gasteiger partial charge in [0.2, 0.25) is 0 Å². The lowest BCUT2D eigenvalue weighted by Crippen LogP contribution is -2.32. The largest absolute Gasteiger partial charge is 0.323 e. The minimum atomic E-state index is -0.282. The van der Waals surface area contributed by atoms with E-state index in [9.17, 15) is 9.18 Å². The fraction of sp³-hybridized carbons (Fsp3) is 0.417. The number of aldehydes is 1. The molecule has 4 rings (SSSR count). The van der Waals surface area contributed by atoms with Crippen molar-refractivity contribution in [1.29, 1.82) is 0 Å². The van der Waals surface area contributed by atoms with E-state index in [0.29, 0.717) is 17.1 Å². The van der Waals surface area contributed by atoms with Gasteiger partial charge in [0.15, 0.2) is 0 Å². The monoisotopic (exact) mass is 412 g/mol. The maximum Gasteiger partial charge on any atom is 0.125 e. The van der Waals surface area contributed by atoms with Crippen molar-refractivity contribution < 1.29 is 9.18 Å². The Labute approximate surface area is 175 Å². The Bertz CT molecular complexity index is 1010. The molecular formula is C24H26ClFN2O. The summed E-state index contributed by atoms with van der Waals surface area (Å²) >= 11 is 6.04. The number of hydrogen-bond donors (Lipinski definition) is 0. The molecule has 1 aliphatic rings. The number of halogens is 2. The van der Waals surface area contributed by atoms with Crippen molar-refractivity contribution in [2.24, 2.45) is 11.3 Å². The van der Waals surface area contributed by atoms with Gasteiger partial charge in [0, 0.05) is 30.0 Å². The molecule has 29 heavy (non-hydrogen) atoms. The number of hydrogen-bond acceptors (Lipinski definition) is 2. The average Bonchev–Trinajstić information content (AvgIpc) is 3.30. The number of carbonyl (C=O) groups excluding carboxylic acids is 1. The van der Waals surface area contributed by atoms with E-state index in [4.69, 9.17) is 16.6 Å². The first-order valence-corrected chi connectivity index (χ1v) is 10.8. The number of aromatic nitrogens is 2. The summed E-state index contributed by atoms with van der Waals surface area (Å²) < 4.78 is 16.0. The molecule has 0 N–H and O–H groups in total. The molecule has 2 aromatic carbocycles. The van der Waals surface area contributed by atoms with E-state index in [1.807, 2.05) is 24.3 Å². The van der Waals surface area contributed by atoms with E-state index in [2.05, 4.69) is 11.5 Å². The van der Waals surface area contributed by atoms with Gasteiger partial charge in [-0.25, -0.2) is 9.37 Å². The molecule has 1 aliphatic carbocycles. The maximum atomic E-state index is 13.9. The molecule has 152 valence electrons. The van der Waals surface area contributed by atoms with Crippen LogP contribution in [0.1, 0.15) is 50.4 Å². The zero-order chi connectivity index (χ0) is 20.4. The van der Waals surface area contributed by atoms with Gasteiger partial charge in [0.25, 0.3) is 0 Å². The Balaban J connectivity index is 1.78. The van der Waals surface area contributed by atoms with Crippen LogP contribution in [-0.2, 0) is 17.8 Å². The summed E-state index contributed by atoms with van der Waals surface area (Å²) in [5.41, 5.74) is 2.65. The van der Waals surface area contributed by atoms with Gasteiger partial charge in [-0.15, -0.1) is 0 Å². The predicted molar refractivity (Wildman–Crippen MR) is 115 cm³/mol. The summed E-state index contributed by atoms with van der Waals surface area (Å²) in [5.74, 6) is 0.684. The van der Waals surface area contributed by atoms with Gasteiger partial charge in [-0.05, 0) is 54.5 Å². The minimum Gasteiger partial charge on any atom is -0.323 e. The molecule has 1 unspecified atom stereocenters. The molecule has 0 radical (unpaired) electrons. The second kappa shape index (κ2) is 8.27. The number of fused-ring (bicyclic) bond motifs is 1. The molecule has 1 aromatic heterocycles. The van der Waals surface area contributed by atoms with Gasteiger partial charge < -0.3 is 9.36 Å². The standard InChI is InChI=1S/C24H26ClFN2O/c1-2-18(16-29)24(11-3-4-12-24)14-23-27-21-13-20(26)9-10-22(21)28(23)15-17-5-7-19(25)8-6-17/h5-10,13,16,18H,2-4,11-12,14-15H2,1H3. The number of imidazole rings is 1. The van der Waals surface area contributed by atoms with Crippen LogP contribution in [0.15, 0.2) is 42.5 Å². The van der Waals surface area contributed by atoms with Crippen LogP contribution in [0, 0.1) is 17.2 Å². The van der Waals surface area contributed by atoms with Gasteiger partial charge in [0.1, 0.15) is 17.9 Å². The second-order valence-electron chi connectivity index (χ2n) is 8.27. The van der Waals surface area contributed by atoms with Gasteiger partial charge in [0.05, 0.1) is 11.0 Å². The van der Waals surface area contributed by atoms with E-state index in [1.54, 1.807) is 6.07 Å². The lowest BCUT2D eigenvalue weighted by molar-refractivity contribution is -0.115.